The zero-order valence-corrected chi connectivity index (χ0v) is 20.2. The number of nitrogens with zero attached hydrogens (tertiary/aromatic N) is 4. The molecule has 0 fully saturated rings. The van der Waals surface area contributed by atoms with E-state index in [9.17, 15) is 5.26 Å². The Hall–Kier alpha value is -3.02. The lowest BCUT2D eigenvalue weighted by atomic mass is 10.1. The van der Waals surface area contributed by atoms with Crippen LogP contribution >= 0.6 is 0 Å². The van der Waals surface area contributed by atoms with Crippen LogP contribution in [0, 0.1) is 16.7 Å². The number of nitriles is 1. The standard InChI is InChI=1S/C23H32N6OSi/c1-17(14-24)28-22(20-8-7-13-27-21(20)26)29(16-25)19-11-9-18(10-12-19)15-30-31(5,6)23(2,3)4/h7-13,16-17,25H,15H2,1-6H3,(H2,26,27)/b25-16?,28-22-. The van der Waals surface area contributed by atoms with Gasteiger partial charge in [-0.3, -0.25) is 10.3 Å². The Balaban J connectivity index is 2.34. The lowest BCUT2D eigenvalue weighted by Gasteiger charge is -2.36. The van der Waals surface area contributed by atoms with E-state index in [1.54, 1.807) is 30.2 Å². The molecule has 1 atom stereocenters. The van der Waals surface area contributed by atoms with Crippen molar-refractivity contribution in [2.75, 3.05) is 10.6 Å². The van der Waals surface area contributed by atoms with Crippen LogP contribution in [0.15, 0.2) is 47.6 Å². The van der Waals surface area contributed by atoms with E-state index in [2.05, 4.69) is 49.9 Å². The normalized spacial score (nSPS) is 13.4. The van der Waals surface area contributed by atoms with Crippen molar-refractivity contribution in [1.29, 1.82) is 10.7 Å². The smallest absolute Gasteiger partial charge is 0.192 e. The number of aromatic nitrogens is 1. The van der Waals surface area contributed by atoms with Gasteiger partial charge in [0.25, 0.3) is 0 Å². The molecule has 1 heterocycles. The van der Waals surface area contributed by atoms with Gasteiger partial charge in [-0.05, 0) is 54.9 Å². The van der Waals surface area contributed by atoms with Crippen LogP contribution in [0.2, 0.25) is 18.1 Å². The monoisotopic (exact) mass is 436 g/mol. The Bertz CT molecular complexity index is 973. The maximum Gasteiger partial charge on any atom is 0.192 e. The zero-order valence-electron chi connectivity index (χ0n) is 19.2. The van der Waals surface area contributed by atoms with E-state index in [1.165, 1.54) is 0 Å². The number of benzene rings is 1. The number of hydrogen-bond donors (Lipinski definition) is 2. The first-order chi connectivity index (χ1) is 14.5. The third kappa shape index (κ3) is 6.00. The van der Waals surface area contributed by atoms with Crippen LogP contribution < -0.4 is 10.6 Å². The molecule has 0 spiro atoms. The second kappa shape index (κ2) is 9.86. The molecule has 1 unspecified atom stereocenters. The summed E-state index contributed by atoms with van der Waals surface area (Å²) in [6, 6.07) is 12.8. The molecule has 2 rings (SSSR count). The van der Waals surface area contributed by atoms with Gasteiger partial charge in [-0.15, -0.1) is 0 Å². The topological polar surface area (TPSA) is 111 Å². The van der Waals surface area contributed by atoms with Crippen molar-refractivity contribution in [2.24, 2.45) is 4.99 Å². The molecular formula is C23H32N6OSi. The van der Waals surface area contributed by atoms with Crippen LogP contribution in [0.5, 0.6) is 0 Å². The van der Waals surface area contributed by atoms with E-state index in [0.717, 1.165) is 17.6 Å². The molecule has 7 nitrogen and oxygen atoms in total. The summed E-state index contributed by atoms with van der Waals surface area (Å²) >= 11 is 0. The molecule has 0 aliphatic rings. The van der Waals surface area contributed by atoms with Crippen LogP contribution in [0.4, 0.5) is 11.5 Å². The predicted octanol–water partition coefficient (Wildman–Crippen LogP) is 4.96. The maximum absolute atomic E-state index is 9.25. The van der Waals surface area contributed by atoms with E-state index in [4.69, 9.17) is 15.6 Å². The first kappa shape index (κ1) is 24.2. The summed E-state index contributed by atoms with van der Waals surface area (Å²) in [4.78, 5) is 10.2. The van der Waals surface area contributed by atoms with Gasteiger partial charge < -0.3 is 10.2 Å². The lowest BCUT2D eigenvalue weighted by Crippen LogP contribution is -2.40. The first-order valence-corrected chi connectivity index (χ1v) is 13.1. The molecule has 0 amide bonds. The summed E-state index contributed by atoms with van der Waals surface area (Å²) in [6.07, 6.45) is 2.76. The third-order valence-electron chi connectivity index (χ3n) is 5.56. The molecule has 0 aliphatic heterocycles. The van der Waals surface area contributed by atoms with Gasteiger partial charge in [-0.25, -0.2) is 9.98 Å². The average Bonchev–Trinajstić information content (AvgIpc) is 2.72. The van der Waals surface area contributed by atoms with Gasteiger partial charge in [-0.1, -0.05) is 32.9 Å². The predicted molar refractivity (Wildman–Crippen MR) is 130 cm³/mol. The fourth-order valence-electron chi connectivity index (χ4n) is 2.57. The number of pyridine rings is 1. The summed E-state index contributed by atoms with van der Waals surface area (Å²) < 4.78 is 6.30. The molecule has 0 bridgehead atoms. The molecule has 0 radical (unpaired) electrons. The van der Waals surface area contributed by atoms with Crippen molar-refractivity contribution >= 4 is 32.0 Å². The molecule has 3 N–H and O–H groups in total. The van der Waals surface area contributed by atoms with Gasteiger partial charge in [0, 0.05) is 11.9 Å². The molecule has 0 aliphatic carbocycles. The van der Waals surface area contributed by atoms with Gasteiger partial charge in [-0.2, -0.15) is 5.26 Å². The minimum Gasteiger partial charge on any atom is -0.413 e. The van der Waals surface area contributed by atoms with E-state index in [-0.39, 0.29) is 10.9 Å². The molecule has 2 aromatic rings. The quantitative estimate of drug-likeness (QED) is 0.362. The largest absolute Gasteiger partial charge is 0.413 e. The number of aliphatic imine (C=N–C) groups is 1. The third-order valence-corrected chi connectivity index (χ3v) is 10.0. The van der Waals surface area contributed by atoms with Gasteiger partial charge in [0.15, 0.2) is 8.32 Å². The second-order valence-corrected chi connectivity index (χ2v) is 13.7. The van der Waals surface area contributed by atoms with Crippen molar-refractivity contribution in [3.63, 3.8) is 0 Å². The average molecular weight is 437 g/mol. The van der Waals surface area contributed by atoms with Crippen LogP contribution in [0.25, 0.3) is 0 Å². The Morgan fingerprint density at radius 2 is 1.97 bits per heavy atom. The number of amidine groups is 1. The number of rotatable bonds is 7. The van der Waals surface area contributed by atoms with Crippen molar-refractivity contribution < 1.29 is 4.43 Å². The van der Waals surface area contributed by atoms with Crippen molar-refractivity contribution in [3.05, 3.63) is 53.7 Å². The Morgan fingerprint density at radius 3 is 2.48 bits per heavy atom. The summed E-state index contributed by atoms with van der Waals surface area (Å²) in [5.41, 5.74) is 8.42. The van der Waals surface area contributed by atoms with Crippen molar-refractivity contribution in [1.82, 2.24) is 4.98 Å². The van der Waals surface area contributed by atoms with Crippen molar-refractivity contribution in [3.8, 4) is 6.07 Å². The van der Waals surface area contributed by atoms with Crippen LogP contribution in [-0.2, 0) is 11.0 Å². The summed E-state index contributed by atoms with van der Waals surface area (Å²) in [7, 11) is -1.84. The summed E-state index contributed by atoms with van der Waals surface area (Å²) in [6.45, 7) is 13.4. The first-order valence-electron chi connectivity index (χ1n) is 10.2. The minimum atomic E-state index is -1.84. The highest BCUT2D eigenvalue weighted by Gasteiger charge is 2.37. The van der Waals surface area contributed by atoms with Crippen molar-refractivity contribution in [2.45, 2.75) is 58.5 Å². The number of nitrogens with two attached hydrogens (primary N) is 1. The molecule has 0 saturated carbocycles. The van der Waals surface area contributed by atoms with Gasteiger partial charge >= 0.3 is 0 Å². The maximum atomic E-state index is 9.25. The zero-order chi connectivity index (χ0) is 23.2. The number of hydrogen-bond acceptors (Lipinski definition) is 6. The molecule has 1 aromatic carbocycles. The lowest BCUT2D eigenvalue weighted by molar-refractivity contribution is 0.276. The highest BCUT2D eigenvalue weighted by atomic mass is 28.4. The van der Waals surface area contributed by atoms with Crippen LogP contribution in [-0.4, -0.2) is 31.5 Å². The highest BCUT2D eigenvalue weighted by molar-refractivity contribution is 6.74. The van der Waals surface area contributed by atoms with Gasteiger partial charge in [0.1, 0.15) is 17.7 Å². The number of nitrogens with one attached hydrogen (secondary N) is 1. The Morgan fingerprint density at radius 1 is 1.32 bits per heavy atom. The summed E-state index contributed by atoms with van der Waals surface area (Å²) in [5, 5.41) is 17.4. The van der Waals surface area contributed by atoms with E-state index in [0.29, 0.717) is 18.0 Å². The SMILES string of the molecule is CC(C#N)/N=C(/c1cccnc1N)N(C=N)c1ccc(CO[Si](C)(C)C(C)(C)C)cc1. The number of anilines is 2. The fraction of sp³-hybridized carbons (Fsp3) is 0.391. The fourth-order valence-corrected chi connectivity index (χ4v) is 3.53. The van der Waals surface area contributed by atoms with Crippen LogP contribution in [0.3, 0.4) is 0 Å². The Kier molecular flexibility index (Phi) is 7.71. The minimum absolute atomic E-state index is 0.149. The van der Waals surface area contributed by atoms with E-state index >= 15 is 0 Å². The van der Waals surface area contributed by atoms with E-state index in [1.807, 2.05) is 24.3 Å². The van der Waals surface area contributed by atoms with Gasteiger partial charge in [0.2, 0.25) is 0 Å². The molecule has 0 saturated heterocycles. The molecule has 1 aromatic heterocycles. The summed E-state index contributed by atoms with van der Waals surface area (Å²) in [5.74, 6) is 0.692. The second-order valence-electron chi connectivity index (χ2n) is 8.91. The van der Waals surface area contributed by atoms with E-state index < -0.39 is 14.4 Å². The molecular weight excluding hydrogens is 404 g/mol. The highest BCUT2D eigenvalue weighted by Crippen LogP contribution is 2.37. The Labute approximate surface area is 186 Å². The number of nitrogen functional groups attached to an aromatic ring is 1. The molecule has 31 heavy (non-hydrogen) atoms. The van der Waals surface area contributed by atoms with Crippen LogP contribution in [0.1, 0.15) is 38.8 Å². The molecule has 8 heteroatoms. The molecule has 164 valence electrons. The van der Waals surface area contributed by atoms with Gasteiger partial charge in [0.05, 0.1) is 24.6 Å².